The maximum Gasteiger partial charge on any atom is 0.257 e. The topological polar surface area (TPSA) is 67.4 Å². The Morgan fingerprint density at radius 3 is 2.09 bits per heavy atom. The highest BCUT2D eigenvalue weighted by atomic mass is 19.1. The number of benzene rings is 3. The Balaban J connectivity index is 1.62. The van der Waals surface area contributed by atoms with E-state index in [-0.39, 0.29) is 5.92 Å². The summed E-state index contributed by atoms with van der Waals surface area (Å²) in [4.78, 5) is 25.1. The smallest absolute Gasteiger partial charge is 0.257 e. The van der Waals surface area contributed by atoms with Crippen molar-refractivity contribution in [1.29, 1.82) is 0 Å². The van der Waals surface area contributed by atoms with Crippen molar-refractivity contribution in [3.63, 3.8) is 0 Å². The number of rotatable bonds is 8. The summed E-state index contributed by atoms with van der Waals surface area (Å²) >= 11 is 0. The number of amides is 2. The summed E-state index contributed by atoms with van der Waals surface area (Å²) in [6.45, 7) is 3.87. The van der Waals surface area contributed by atoms with Crippen molar-refractivity contribution in [2.24, 2.45) is 5.92 Å². The molecule has 0 aliphatic rings. The largest absolute Gasteiger partial charge is 0.489 e. The molecule has 3 aromatic rings. The van der Waals surface area contributed by atoms with Gasteiger partial charge >= 0.3 is 0 Å². The van der Waals surface area contributed by atoms with Crippen molar-refractivity contribution in [2.75, 3.05) is 5.32 Å². The molecule has 5 nitrogen and oxygen atoms in total. The second-order valence-electron chi connectivity index (χ2n) is 7.58. The molecule has 3 aromatic carbocycles. The van der Waals surface area contributed by atoms with E-state index in [0.29, 0.717) is 18.0 Å². The molecule has 7 heteroatoms. The lowest BCUT2D eigenvalue weighted by Crippen LogP contribution is -2.47. The van der Waals surface area contributed by atoms with Crippen LogP contribution in [0.1, 0.15) is 29.8 Å². The lowest BCUT2D eigenvalue weighted by molar-refractivity contribution is -0.118. The van der Waals surface area contributed by atoms with Crippen LogP contribution in [0.4, 0.5) is 14.5 Å². The summed E-state index contributed by atoms with van der Waals surface area (Å²) in [5.74, 6) is -3.15. The van der Waals surface area contributed by atoms with Gasteiger partial charge in [-0.1, -0.05) is 50.2 Å². The first-order valence-corrected chi connectivity index (χ1v) is 10.2. The predicted octanol–water partition coefficient (Wildman–Crippen LogP) is 4.94. The number of hydrogen-bond acceptors (Lipinski definition) is 3. The van der Waals surface area contributed by atoms with E-state index in [1.807, 2.05) is 30.3 Å². The van der Waals surface area contributed by atoms with Gasteiger partial charge in [0.05, 0.1) is 0 Å². The first-order valence-electron chi connectivity index (χ1n) is 10.2. The fraction of sp³-hybridized carbons (Fsp3) is 0.200. The van der Waals surface area contributed by atoms with Gasteiger partial charge in [-0.15, -0.1) is 0 Å². The second-order valence-corrected chi connectivity index (χ2v) is 7.58. The lowest BCUT2D eigenvalue weighted by Gasteiger charge is -2.22. The summed E-state index contributed by atoms with van der Waals surface area (Å²) in [6, 6.07) is 18.7. The van der Waals surface area contributed by atoms with Gasteiger partial charge in [0.1, 0.15) is 35.6 Å². The van der Waals surface area contributed by atoms with E-state index >= 15 is 0 Å². The van der Waals surface area contributed by atoms with E-state index in [2.05, 4.69) is 10.6 Å². The van der Waals surface area contributed by atoms with Crippen LogP contribution >= 0.6 is 0 Å². The summed E-state index contributed by atoms with van der Waals surface area (Å²) < 4.78 is 33.5. The third kappa shape index (κ3) is 5.91. The van der Waals surface area contributed by atoms with Crippen LogP contribution in [0.5, 0.6) is 5.75 Å². The molecule has 0 fully saturated rings. The fourth-order valence-corrected chi connectivity index (χ4v) is 3.06. The SMILES string of the molecule is CC(C)[C@@H](NC(=O)c1c(F)cccc1F)C(=O)Nc1ccc(OCc2ccccc2)cc1. The van der Waals surface area contributed by atoms with E-state index in [9.17, 15) is 18.4 Å². The number of carbonyl (C=O) groups is 2. The van der Waals surface area contributed by atoms with Crippen LogP contribution in [0.15, 0.2) is 72.8 Å². The normalized spacial score (nSPS) is 11.7. The molecule has 0 aromatic heterocycles. The Kier molecular flexibility index (Phi) is 7.54. The number of anilines is 1. The van der Waals surface area contributed by atoms with Crippen LogP contribution in [0, 0.1) is 17.6 Å². The number of ether oxygens (including phenoxy) is 1. The highest BCUT2D eigenvalue weighted by Gasteiger charge is 2.27. The van der Waals surface area contributed by atoms with Gasteiger partial charge < -0.3 is 15.4 Å². The standard InChI is InChI=1S/C25H24F2N2O3/c1-16(2)23(29-24(30)22-20(26)9-6-10-21(22)27)25(31)28-18-11-13-19(14-12-18)32-15-17-7-4-3-5-8-17/h3-14,16,23H,15H2,1-2H3,(H,28,31)(H,29,30)/t23-/m1/s1. The van der Waals surface area contributed by atoms with Crippen molar-refractivity contribution in [2.45, 2.75) is 26.5 Å². The summed E-state index contributed by atoms with van der Waals surface area (Å²) in [5.41, 5.74) is 0.816. The first-order chi connectivity index (χ1) is 15.3. The van der Waals surface area contributed by atoms with E-state index < -0.39 is 35.1 Å². The van der Waals surface area contributed by atoms with Crippen LogP contribution in [-0.4, -0.2) is 17.9 Å². The monoisotopic (exact) mass is 438 g/mol. The van der Waals surface area contributed by atoms with E-state index in [1.54, 1.807) is 38.1 Å². The highest BCUT2D eigenvalue weighted by Crippen LogP contribution is 2.18. The minimum Gasteiger partial charge on any atom is -0.489 e. The average Bonchev–Trinajstić information content (AvgIpc) is 2.77. The molecule has 0 saturated carbocycles. The van der Waals surface area contributed by atoms with Gasteiger partial charge in [0.15, 0.2) is 0 Å². The van der Waals surface area contributed by atoms with Crippen molar-refractivity contribution in [3.8, 4) is 5.75 Å². The molecule has 0 radical (unpaired) electrons. The van der Waals surface area contributed by atoms with Gasteiger partial charge in [0, 0.05) is 5.69 Å². The Hall–Kier alpha value is -3.74. The molecule has 1 atom stereocenters. The summed E-state index contributed by atoms with van der Waals surface area (Å²) in [5, 5.41) is 5.14. The minimum absolute atomic E-state index is 0.317. The van der Waals surface area contributed by atoms with Gasteiger partial charge in [-0.2, -0.15) is 0 Å². The first kappa shape index (κ1) is 22.9. The zero-order valence-corrected chi connectivity index (χ0v) is 17.8. The molecule has 32 heavy (non-hydrogen) atoms. The van der Waals surface area contributed by atoms with Gasteiger partial charge in [-0.25, -0.2) is 8.78 Å². The quantitative estimate of drug-likeness (QED) is 0.524. The Labute approximate surface area is 185 Å². The Morgan fingerprint density at radius 2 is 1.50 bits per heavy atom. The summed E-state index contributed by atoms with van der Waals surface area (Å²) in [6.07, 6.45) is 0. The van der Waals surface area contributed by atoms with Crippen LogP contribution < -0.4 is 15.4 Å². The fourth-order valence-electron chi connectivity index (χ4n) is 3.06. The van der Waals surface area contributed by atoms with Crippen molar-refractivity contribution < 1.29 is 23.1 Å². The molecule has 2 N–H and O–H groups in total. The molecule has 0 spiro atoms. The molecule has 0 bridgehead atoms. The number of carbonyl (C=O) groups excluding carboxylic acids is 2. The maximum absolute atomic E-state index is 13.9. The lowest BCUT2D eigenvalue weighted by atomic mass is 10.0. The Bertz CT molecular complexity index is 1050. The minimum atomic E-state index is -0.990. The van der Waals surface area contributed by atoms with Gasteiger partial charge in [0.2, 0.25) is 5.91 Å². The van der Waals surface area contributed by atoms with Gasteiger partial charge in [0.25, 0.3) is 5.91 Å². The molecule has 2 amide bonds. The van der Waals surface area contributed by atoms with Crippen molar-refractivity contribution >= 4 is 17.5 Å². The van der Waals surface area contributed by atoms with Crippen LogP contribution in [0.3, 0.4) is 0 Å². The maximum atomic E-state index is 13.9. The molecular weight excluding hydrogens is 414 g/mol. The van der Waals surface area contributed by atoms with Crippen LogP contribution in [0.2, 0.25) is 0 Å². The zero-order chi connectivity index (χ0) is 23.1. The third-order valence-corrected chi connectivity index (χ3v) is 4.80. The van der Waals surface area contributed by atoms with Crippen LogP contribution in [0.25, 0.3) is 0 Å². The molecule has 166 valence electrons. The predicted molar refractivity (Wildman–Crippen MR) is 118 cm³/mol. The molecule has 3 rings (SSSR count). The zero-order valence-electron chi connectivity index (χ0n) is 17.8. The molecule has 0 heterocycles. The molecular formula is C25H24F2N2O3. The van der Waals surface area contributed by atoms with Crippen LogP contribution in [-0.2, 0) is 11.4 Å². The van der Waals surface area contributed by atoms with E-state index in [1.165, 1.54) is 6.07 Å². The molecule has 0 unspecified atom stereocenters. The van der Waals surface area contributed by atoms with Gasteiger partial charge in [-0.3, -0.25) is 9.59 Å². The number of nitrogens with one attached hydrogen (secondary N) is 2. The highest BCUT2D eigenvalue weighted by molar-refractivity contribution is 6.01. The molecule has 0 saturated heterocycles. The van der Waals surface area contributed by atoms with E-state index in [0.717, 1.165) is 17.7 Å². The number of halogens is 2. The summed E-state index contributed by atoms with van der Waals surface area (Å²) in [7, 11) is 0. The molecule has 0 aliphatic heterocycles. The molecule has 0 aliphatic carbocycles. The second kappa shape index (κ2) is 10.5. The van der Waals surface area contributed by atoms with Crippen molar-refractivity contribution in [3.05, 3.63) is 95.6 Å². The van der Waals surface area contributed by atoms with Crippen molar-refractivity contribution in [1.82, 2.24) is 5.32 Å². The Morgan fingerprint density at radius 1 is 0.875 bits per heavy atom. The average molecular weight is 438 g/mol. The van der Waals surface area contributed by atoms with E-state index in [4.69, 9.17) is 4.74 Å². The number of hydrogen-bond donors (Lipinski definition) is 2. The van der Waals surface area contributed by atoms with Gasteiger partial charge in [-0.05, 0) is 47.9 Å². The third-order valence-electron chi connectivity index (χ3n) is 4.80.